The lowest BCUT2D eigenvalue weighted by atomic mass is 10.1. The quantitative estimate of drug-likeness (QED) is 0.849. The fourth-order valence-corrected chi connectivity index (χ4v) is 4.14. The summed E-state index contributed by atoms with van der Waals surface area (Å²) in [5.41, 5.74) is 3.80. The summed E-state index contributed by atoms with van der Waals surface area (Å²) in [4.78, 5) is 17.3. The van der Waals surface area contributed by atoms with E-state index in [2.05, 4.69) is 29.2 Å². The molecular weight excluding hydrogens is 298 g/mol. The van der Waals surface area contributed by atoms with Crippen molar-refractivity contribution in [1.29, 1.82) is 0 Å². The van der Waals surface area contributed by atoms with Crippen LogP contribution in [0.15, 0.2) is 42.6 Å². The van der Waals surface area contributed by atoms with Gasteiger partial charge in [0.15, 0.2) is 0 Å². The lowest BCUT2D eigenvalue weighted by Crippen LogP contribution is -2.40. The maximum Gasteiger partial charge on any atom is 0.270 e. The highest BCUT2D eigenvalue weighted by atomic mass is 16.2. The van der Waals surface area contributed by atoms with Gasteiger partial charge >= 0.3 is 0 Å². The van der Waals surface area contributed by atoms with E-state index in [0.29, 0.717) is 6.04 Å². The number of aryl methyl sites for hydroxylation is 1. The average Bonchev–Trinajstić information content (AvgIpc) is 3.13. The van der Waals surface area contributed by atoms with Crippen molar-refractivity contribution in [2.24, 2.45) is 7.05 Å². The fraction of sp³-hybridized carbons (Fsp3) is 0.450. The molecule has 0 bridgehead atoms. The van der Waals surface area contributed by atoms with Crippen molar-refractivity contribution in [2.45, 2.75) is 25.3 Å². The zero-order valence-electron chi connectivity index (χ0n) is 14.3. The molecule has 0 N–H and O–H groups in total. The summed E-state index contributed by atoms with van der Waals surface area (Å²) in [7, 11) is 1.94. The number of hydrogen-bond donors (Lipinski definition) is 0. The number of fused-ring (bicyclic) bond motifs is 1. The molecule has 0 saturated carbocycles. The third-order valence-corrected chi connectivity index (χ3v) is 5.53. The standard InChI is InChI=1S/C20H25N3O/c1-21-9-4-8-19(21)20(24)23-11-5-10-22(12-13-23)18-14-16-6-2-3-7-17(16)15-18/h2-4,6-9,18H,5,10-15H2,1H3. The van der Waals surface area contributed by atoms with Crippen LogP contribution in [0.25, 0.3) is 0 Å². The van der Waals surface area contributed by atoms with Crippen molar-refractivity contribution < 1.29 is 4.79 Å². The Morgan fingerprint density at radius 2 is 1.71 bits per heavy atom. The molecule has 126 valence electrons. The largest absolute Gasteiger partial charge is 0.347 e. The number of carbonyl (C=O) groups excluding carboxylic acids is 1. The number of carbonyl (C=O) groups is 1. The van der Waals surface area contributed by atoms with Crippen LogP contribution < -0.4 is 0 Å². The first kappa shape index (κ1) is 15.5. The topological polar surface area (TPSA) is 28.5 Å². The Kier molecular flexibility index (Phi) is 4.15. The van der Waals surface area contributed by atoms with E-state index in [0.717, 1.165) is 51.1 Å². The SMILES string of the molecule is Cn1cccc1C(=O)N1CCCN(C2Cc3ccccc3C2)CC1. The van der Waals surface area contributed by atoms with Crippen LogP contribution >= 0.6 is 0 Å². The minimum Gasteiger partial charge on any atom is -0.347 e. The van der Waals surface area contributed by atoms with Crippen molar-refractivity contribution in [3.05, 3.63) is 59.4 Å². The molecule has 0 spiro atoms. The van der Waals surface area contributed by atoms with Crippen LogP contribution in [-0.4, -0.2) is 52.5 Å². The van der Waals surface area contributed by atoms with Gasteiger partial charge in [0.1, 0.15) is 5.69 Å². The molecule has 24 heavy (non-hydrogen) atoms. The summed E-state index contributed by atoms with van der Waals surface area (Å²) in [5, 5.41) is 0. The molecule has 2 aromatic rings. The second-order valence-corrected chi connectivity index (χ2v) is 7.02. The molecule has 4 nitrogen and oxygen atoms in total. The first-order valence-corrected chi connectivity index (χ1v) is 8.94. The van der Waals surface area contributed by atoms with Gasteiger partial charge in [-0.05, 0) is 42.5 Å². The van der Waals surface area contributed by atoms with Crippen molar-refractivity contribution in [1.82, 2.24) is 14.4 Å². The van der Waals surface area contributed by atoms with E-state index in [1.165, 1.54) is 11.1 Å². The number of benzene rings is 1. The predicted octanol–water partition coefficient (Wildman–Crippen LogP) is 2.34. The summed E-state index contributed by atoms with van der Waals surface area (Å²) in [5.74, 6) is 0.166. The molecule has 1 aromatic carbocycles. The van der Waals surface area contributed by atoms with Gasteiger partial charge in [-0.25, -0.2) is 0 Å². The van der Waals surface area contributed by atoms with E-state index in [-0.39, 0.29) is 5.91 Å². The normalized spacial score (nSPS) is 19.3. The molecule has 1 saturated heterocycles. The minimum atomic E-state index is 0.166. The van der Waals surface area contributed by atoms with Gasteiger partial charge < -0.3 is 9.47 Å². The Morgan fingerprint density at radius 3 is 2.38 bits per heavy atom. The van der Waals surface area contributed by atoms with Gasteiger partial charge in [0.05, 0.1) is 0 Å². The van der Waals surface area contributed by atoms with E-state index in [9.17, 15) is 4.79 Å². The van der Waals surface area contributed by atoms with Gasteiger partial charge in [0.25, 0.3) is 5.91 Å². The fourth-order valence-electron chi connectivity index (χ4n) is 4.14. The summed E-state index contributed by atoms with van der Waals surface area (Å²) in [6.07, 6.45) is 5.31. The summed E-state index contributed by atoms with van der Waals surface area (Å²) < 4.78 is 1.92. The molecule has 4 heteroatoms. The first-order chi connectivity index (χ1) is 11.7. The van der Waals surface area contributed by atoms with Crippen LogP contribution in [0.4, 0.5) is 0 Å². The number of aromatic nitrogens is 1. The summed E-state index contributed by atoms with van der Waals surface area (Å²) in [6.45, 7) is 3.77. The van der Waals surface area contributed by atoms with E-state index in [4.69, 9.17) is 0 Å². The zero-order valence-corrected chi connectivity index (χ0v) is 14.3. The Hall–Kier alpha value is -2.07. The van der Waals surface area contributed by atoms with Crippen LogP contribution in [0.3, 0.4) is 0 Å². The Morgan fingerprint density at radius 1 is 0.958 bits per heavy atom. The van der Waals surface area contributed by atoms with Crippen LogP contribution in [0.2, 0.25) is 0 Å². The van der Waals surface area contributed by atoms with Crippen molar-refractivity contribution >= 4 is 5.91 Å². The van der Waals surface area contributed by atoms with E-state index in [1.807, 2.05) is 34.8 Å². The second-order valence-electron chi connectivity index (χ2n) is 7.02. The summed E-state index contributed by atoms with van der Waals surface area (Å²) in [6, 6.07) is 13.3. The third-order valence-electron chi connectivity index (χ3n) is 5.53. The molecular formula is C20H25N3O. The molecule has 0 atom stereocenters. The zero-order chi connectivity index (χ0) is 16.5. The number of rotatable bonds is 2. The van der Waals surface area contributed by atoms with E-state index < -0.39 is 0 Å². The molecule has 1 aliphatic heterocycles. The second kappa shape index (κ2) is 6.44. The van der Waals surface area contributed by atoms with Crippen LogP contribution in [-0.2, 0) is 19.9 Å². The Bertz CT molecular complexity index is 711. The number of nitrogens with zero attached hydrogens (tertiary/aromatic N) is 3. The molecule has 0 unspecified atom stereocenters. The van der Waals surface area contributed by atoms with Crippen LogP contribution in [0, 0.1) is 0 Å². The molecule has 2 heterocycles. The highest BCUT2D eigenvalue weighted by molar-refractivity contribution is 5.92. The van der Waals surface area contributed by atoms with Crippen LogP contribution in [0.1, 0.15) is 28.0 Å². The lowest BCUT2D eigenvalue weighted by Gasteiger charge is -2.27. The maximum absolute atomic E-state index is 12.7. The lowest BCUT2D eigenvalue weighted by molar-refractivity contribution is 0.0749. The van der Waals surface area contributed by atoms with Gasteiger partial charge in [-0.1, -0.05) is 24.3 Å². The monoisotopic (exact) mass is 323 g/mol. The predicted molar refractivity (Wildman–Crippen MR) is 95.1 cm³/mol. The molecule has 1 aromatic heterocycles. The molecule has 1 fully saturated rings. The Labute approximate surface area is 143 Å². The van der Waals surface area contributed by atoms with Gasteiger partial charge in [-0.15, -0.1) is 0 Å². The maximum atomic E-state index is 12.7. The first-order valence-electron chi connectivity index (χ1n) is 8.94. The number of hydrogen-bond acceptors (Lipinski definition) is 2. The van der Waals surface area contributed by atoms with Gasteiger partial charge in [0, 0.05) is 45.5 Å². The van der Waals surface area contributed by atoms with Crippen molar-refractivity contribution in [3.63, 3.8) is 0 Å². The van der Waals surface area contributed by atoms with Crippen LogP contribution in [0.5, 0.6) is 0 Å². The summed E-state index contributed by atoms with van der Waals surface area (Å²) >= 11 is 0. The molecule has 0 radical (unpaired) electrons. The van der Waals surface area contributed by atoms with Gasteiger partial charge in [0.2, 0.25) is 0 Å². The highest BCUT2D eigenvalue weighted by Gasteiger charge is 2.29. The molecule has 1 aliphatic carbocycles. The van der Waals surface area contributed by atoms with E-state index in [1.54, 1.807) is 0 Å². The third kappa shape index (κ3) is 2.86. The van der Waals surface area contributed by atoms with Crippen molar-refractivity contribution in [3.8, 4) is 0 Å². The molecule has 4 rings (SSSR count). The molecule has 2 aliphatic rings. The molecule has 1 amide bonds. The number of amides is 1. The Balaban J connectivity index is 1.41. The van der Waals surface area contributed by atoms with E-state index >= 15 is 0 Å². The van der Waals surface area contributed by atoms with Crippen molar-refractivity contribution in [2.75, 3.05) is 26.2 Å². The average molecular weight is 323 g/mol. The van der Waals surface area contributed by atoms with Gasteiger partial charge in [-0.2, -0.15) is 0 Å². The minimum absolute atomic E-state index is 0.166. The highest BCUT2D eigenvalue weighted by Crippen LogP contribution is 2.26. The van der Waals surface area contributed by atoms with Gasteiger partial charge in [-0.3, -0.25) is 9.69 Å². The smallest absolute Gasteiger partial charge is 0.270 e.